The topological polar surface area (TPSA) is 57.5 Å². The van der Waals surface area contributed by atoms with Gasteiger partial charge in [-0.2, -0.15) is 0 Å². The lowest BCUT2D eigenvalue weighted by atomic mass is 9.37. The van der Waals surface area contributed by atoms with E-state index in [1.165, 1.54) is 74.7 Å². The molecule has 4 saturated carbocycles. The number of carboxylic acids is 1. The molecule has 0 amide bonds. The molecule has 6 rings (SSSR count). The standard InChI is InChI=1S/C31H44O3S.C3H6.3C2H2/c1-28(2)20(19-16-25(27(33)34)35-17-19)11-13-30(4)22-7-8-23-24-6-5-12-31(24,18-32)15-14-29(23,3)21(22)9-10-26(28)30;1-3-2;3*1-2/h11,16-17,21-24,26,32H,5-10,12-15,18H2,1-4H3,(H,33,34);3H,1H2,2H3;3*1-2H/t21?,22?,23?,24?,26?,29-,30+,31+;;;;/m0..../s1. The lowest BCUT2D eigenvalue weighted by Crippen LogP contribution is -2.60. The van der Waals surface area contributed by atoms with Crippen molar-refractivity contribution in [3.05, 3.63) is 40.6 Å². The Bertz CT molecular complexity index is 1210. The van der Waals surface area contributed by atoms with Gasteiger partial charge in [-0.05, 0) is 139 Å². The highest BCUT2D eigenvalue weighted by Crippen LogP contribution is 2.72. The van der Waals surface area contributed by atoms with Crippen molar-refractivity contribution in [1.29, 1.82) is 0 Å². The van der Waals surface area contributed by atoms with Gasteiger partial charge in [0.15, 0.2) is 0 Å². The molecular formula is C40H56O3S. The molecule has 5 aliphatic carbocycles. The number of rotatable bonds is 3. The fraction of sp³-hybridized carbons (Fsp3) is 0.625. The van der Waals surface area contributed by atoms with E-state index in [0.29, 0.717) is 28.2 Å². The second kappa shape index (κ2) is 15.0. The third-order valence-corrected chi connectivity index (χ3v) is 13.7. The Morgan fingerprint density at radius 3 is 2.00 bits per heavy atom. The van der Waals surface area contributed by atoms with Crippen molar-refractivity contribution in [1.82, 2.24) is 0 Å². The first-order chi connectivity index (χ1) is 21.0. The molecule has 44 heavy (non-hydrogen) atoms. The van der Waals surface area contributed by atoms with Crippen LogP contribution >= 0.6 is 11.3 Å². The molecule has 8 atom stereocenters. The van der Waals surface area contributed by atoms with E-state index in [1.807, 2.05) is 13.0 Å². The van der Waals surface area contributed by atoms with Crippen LogP contribution in [0.5, 0.6) is 0 Å². The monoisotopic (exact) mass is 616 g/mol. The van der Waals surface area contributed by atoms with Crippen LogP contribution in [0.2, 0.25) is 0 Å². The Hall–Kier alpha value is -2.71. The zero-order valence-corrected chi connectivity index (χ0v) is 28.7. The van der Waals surface area contributed by atoms with Crippen LogP contribution in [-0.4, -0.2) is 22.8 Å². The second-order valence-electron chi connectivity index (χ2n) is 14.5. The number of hydrogen-bond acceptors (Lipinski definition) is 3. The molecule has 1 aromatic rings. The molecule has 0 aromatic carbocycles. The van der Waals surface area contributed by atoms with E-state index in [2.05, 4.69) is 84.3 Å². The Balaban J connectivity index is 0.000000685. The number of thiophene rings is 1. The predicted molar refractivity (Wildman–Crippen MR) is 188 cm³/mol. The first kappa shape index (κ1) is 37.5. The summed E-state index contributed by atoms with van der Waals surface area (Å²) in [5, 5.41) is 22.0. The molecule has 1 heterocycles. The number of allylic oxidation sites excluding steroid dienone is 3. The molecule has 4 heteroatoms. The smallest absolute Gasteiger partial charge is 0.345 e. The highest BCUT2D eigenvalue weighted by molar-refractivity contribution is 7.12. The van der Waals surface area contributed by atoms with E-state index < -0.39 is 5.97 Å². The Morgan fingerprint density at radius 2 is 1.45 bits per heavy atom. The number of aliphatic hydroxyl groups excluding tert-OH is 1. The molecular weight excluding hydrogens is 561 g/mol. The van der Waals surface area contributed by atoms with Crippen LogP contribution in [-0.2, 0) is 0 Å². The molecule has 2 N–H and O–H groups in total. The summed E-state index contributed by atoms with van der Waals surface area (Å²) in [5.41, 5.74) is 3.54. The zero-order chi connectivity index (χ0) is 33.5. The van der Waals surface area contributed by atoms with Gasteiger partial charge in [-0.1, -0.05) is 46.3 Å². The van der Waals surface area contributed by atoms with E-state index in [1.54, 1.807) is 6.08 Å². The average molecular weight is 617 g/mol. The van der Waals surface area contributed by atoms with Crippen LogP contribution in [0.25, 0.3) is 5.57 Å². The lowest BCUT2D eigenvalue weighted by molar-refractivity contribution is -0.177. The van der Waals surface area contributed by atoms with Gasteiger partial charge < -0.3 is 10.2 Å². The molecule has 0 spiro atoms. The molecule has 5 aliphatic rings. The first-order valence-electron chi connectivity index (χ1n) is 16.2. The number of aromatic carboxylic acids is 1. The predicted octanol–water partition coefficient (Wildman–Crippen LogP) is 9.84. The lowest BCUT2D eigenvalue weighted by Gasteiger charge is -2.67. The molecule has 5 unspecified atom stereocenters. The molecule has 4 fully saturated rings. The maximum atomic E-state index is 11.5. The minimum Gasteiger partial charge on any atom is -0.477 e. The number of carboxylic acid groups (broad SMARTS) is 1. The quantitative estimate of drug-likeness (QED) is 0.263. The van der Waals surface area contributed by atoms with E-state index >= 15 is 0 Å². The summed E-state index contributed by atoms with van der Waals surface area (Å²) in [7, 11) is 0. The Kier molecular flexibility index (Phi) is 12.8. The highest BCUT2D eigenvalue weighted by atomic mass is 32.1. The summed E-state index contributed by atoms with van der Waals surface area (Å²) in [6.07, 6.45) is 41.2. The van der Waals surface area contributed by atoms with Gasteiger partial charge >= 0.3 is 5.97 Å². The van der Waals surface area contributed by atoms with Crippen LogP contribution in [0.3, 0.4) is 0 Å². The van der Waals surface area contributed by atoms with Crippen LogP contribution in [0.1, 0.15) is 114 Å². The van der Waals surface area contributed by atoms with Gasteiger partial charge in [0.1, 0.15) is 4.88 Å². The van der Waals surface area contributed by atoms with Crippen LogP contribution in [0.4, 0.5) is 0 Å². The van der Waals surface area contributed by atoms with Gasteiger partial charge in [0.25, 0.3) is 0 Å². The third kappa shape index (κ3) is 6.09. The Morgan fingerprint density at radius 1 is 0.909 bits per heavy atom. The molecule has 0 saturated heterocycles. The Labute approximate surface area is 273 Å². The van der Waals surface area contributed by atoms with Crippen molar-refractivity contribution in [2.75, 3.05) is 6.61 Å². The van der Waals surface area contributed by atoms with E-state index in [0.717, 1.165) is 35.7 Å². The normalized spacial score (nSPS) is 37.1. The number of terminal acetylenes is 3. The van der Waals surface area contributed by atoms with Crippen LogP contribution in [0, 0.1) is 89.8 Å². The van der Waals surface area contributed by atoms with Crippen molar-refractivity contribution in [2.24, 2.45) is 51.2 Å². The maximum absolute atomic E-state index is 11.5. The molecule has 0 bridgehead atoms. The fourth-order valence-corrected chi connectivity index (χ4v) is 11.9. The molecule has 1 aromatic heterocycles. The summed E-state index contributed by atoms with van der Waals surface area (Å²) in [5.74, 6) is 2.95. The number of hydrogen-bond donors (Lipinski definition) is 2. The number of fused-ring (bicyclic) bond motifs is 7. The minimum absolute atomic E-state index is 0.0522. The average Bonchev–Trinajstić information content (AvgIpc) is 3.69. The van der Waals surface area contributed by atoms with Crippen molar-refractivity contribution in [2.45, 2.75) is 98.8 Å². The van der Waals surface area contributed by atoms with Gasteiger partial charge in [-0.3, -0.25) is 0 Å². The van der Waals surface area contributed by atoms with Gasteiger partial charge in [0, 0.05) is 6.61 Å². The van der Waals surface area contributed by atoms with Gasteiger partial charge in [-0.25, -0.2) is 4.79 Å². The van der Waals surface area contributed by atoms with Crippen molar-refractivity contribution in [3.8, 4) is 38.5 Å². The number of carbonyl (C=O) groups is 1. The number of aliphatic hydroxyl groups is 1. The minimum atomic E-state index is -0.814. The molecule has 0 aliphatic heterocycles. The van der Waals surface area contributed by atoms with Gasteiger partial charge in [0.05, 0.1) is 0 Å². The van der Waals surface area contributed by atoms with E-state index in [9.17, 15) is 15.0 Å². The maximum Gasteiger partial charge on any atom is 0.345 e. The summed E-state index contributed by atoms with van der Waals surface area (Å²) in [6.45, 7) is 15.8. The molecule has 0 radical (unpaired) electrons. The largest absolute Gasteiger partial charge is 0.477 e. The zero-order valence-electron chi connectivity index (χ0n) is 27.9. The van der Waals surface area contributed by atoms with Crippen molar-refractivity contribution >= 4 is 22.9 Å². The molecule has 3 nitrogen and oxygen atoms in total. The van der Waals surface area contributed by atoms with Crippen LogP contribution in [0.15, 0.2) is 30.2 Å². The van der Waals surface area contributed by atoms with E-state index in [4.69, 9.17) is 0 Å². The van der Waals surface area contributed by atoms with Crippen molar-refractivity contribution in [3.63, 3.8) is 0 Å². The van der Waals surface area contributed by atoms with Gasteiger partial charge in [0.2, 0.25) is 0 Å². The van der Waals surface area contributed by atoms with Crippen LogP contribution < -0.4 is 0 Å². The second-order valence-corrected chi connectivity index (χ2v) is 15.4. The SMILES string of the molecule is C#C.C#C.C#C.C=CC.CC1(C)C(c2csc(C(=O)O)c2)=CC[C@]2(C)C3CCC4C5CCC[C@]5(CO)CC[C@@]4(C)C3CCC12. The summed E-state index contributed by atoms with van der Waals surface area (Å²) >= 11 is 1.36. The highest BCUT2D eigenvalue weighted by Gasteiger charge is 2.65. The summed E-state index contributed by atoms with van der Waals surface area (Å²) < 4.78 is 0. The van der Waals surface area contributed by atoms with E-state index in [-0.39, 0.29) is 10.8 Å². The van der Waals surface area contributed by atoms with Crippen molar-refractivity contribution < 1.29 is 15.0 Å². The first-order valence-corrected chi connectivity index (χ1v) is 17.1. The third-order valence-electron chi connectivity index (χ3n) is 12.7. The summed E-state index contributed by atoms with van der Waals surface area (Å²) in [4.78, 5) is 12.0. The molecule has 240 valence electrons. The van der Waals surface area contributed by atoms with Gasteiger partial charge in [-0.15, -0.1) is 56.5 Å². The summed E-state index contributed by atoms with van der Waals surface area (Å²) in [6, 6.07) is 1.90. The fourth-order valence-electron chi connectivity index (χ4n) is 11.1.